The summed E-state index contributed by atoms with van der Waals surface area (Å²) in [5, 5.41) is 11.4. The van der Waals surface area contributed by atoms with Gasteiger partial charge in [0.25, 0.3) is 0 Å². The summed E-state index contributed by atoms with van der Waals surface area (Å²) in [6.07, 6.45) is 5.36. The smallest absolute Gasteiger partial charge is 0.234 e. The fourth-order valence-electron chi connectivity index (χ4n) is 3.39. The first-order valence-corrected chi connectivity index (χ1v) is 5.87. The van der Waals surface area contributed by atoms with Crippen LogP contribution in [0.15, 0.2) is 0 Å². The number of nitriles is 1. The minimum absolute atomic E-state index is 0.00877. The first kappa shape index (κ1) is 10.5. The molecule has 2 bridgehead atoms. The van der Waals surface area contributed by atoms with Gasteiger partial charge in [0.05, 0.1) is 6.07 Å². The predicted octanol–water partition coefficient (Wildman–Crippen LogP) is 1.84. The normalized spacial score (nSPS) is 34.8. The first-order chi connectivity index (χ1) is 7.20. The highest BCUT2D eigenvalue weighted by atomic mass is 16.1. The van der Waals surface area contributed by atoms with E-state index in [4.69, 9.17) is 5.26 Å². The third-order valence-corrected chi connectivity index (χ3v) is 4.06. The van der Waals surface area contributed by atoms with E-state index in [0.717, 1.165) is 11.8 Å². The molecule has 0 aromatic heterocycles. The van der Waals surface area contributed by atoms with Crippen LogP contribution in [0.3, 0.4) is 0 Å². The fraction of sp³-hybridized carbons (Fsp3) is 0.833. The fourth-order valence-corrected chi connectivity index (χ4v) is 3.39. The van der Waals surface area contributed by atoms with Crippen molar-refractivity contribution in [1.29, 1.82) is 5.26 Å². The van der Waals surface area contributed by atoms with Crippen molar-refractivity contribution in [3.63, 3.8) is 0 Å². The van der Waals surface area contributed by atoms with Crippen LogP contribution in [-0.4, -0.2) is 11.9 Å². The molecule has 0 spiro atoms. The van der Waals surface area contributed by atoms with Gasteiger partial charge in [-0.2, -0.15) is 5.26 Å². The Morgan fingerprint density at radius 3 is 2.87 bits per heavy atom. The molecule has 2 rings (SSSR count). The molecule has 15 heavy (non-hydrogen) atoms. The van der Waals surface area contributed by atoms with Crippen LogP contribution in [0.25, 0.3) is 0 Å². The molecule has 4 unspecified atom stereocenters. The highest BCUT2D eigenvalue weighted by Crippen LogP contribution is 2.49. The van der Waals surface area contributed by atoms with Crippen molar-refractivity contribution in [2.75, 3.05) is 0 Å². The van der Waals surface area contributed by atoms with E-state index in [9.17, 15) is 4.79 Å². The molecule has 2 aliphatic carbocycles. The van der Waals surface area contributed by atoms with Gasteiger partial charge >= 0.3 is 0 Å². The van der Waals surface area contributed by atoms with Gasteiger partial charge in [-0.25, -0.2) is 0 Å². The molecule has 1 amide bonds. The zero-order valence-corrected chi connectivity index (χ0v) is 9.20. The predicted molar refractivity (Wildman–Crippen MR) is 56.8 cm³/mol. The number of hydrogen-bond donors (Lipinski definition) is 1. The van der Waals surface area contributed by atoms with Gasteiger partial charge in [-0.3, -0.25) is 4.79 Å². The van der Waals surface area contributed by atoms with Crippen LogP contribution in [0.1, 0.15) is 39.0 Å². The average molecular weight is 206 g/mol. The Morgan fingerprint density at radius 1 is 1.53 bits per heavy atom. The van der Waals surface area contributed by atoms with E-state index in [1.54, 1.807) is 0 Å². The lowest BCUT2D eigenvalue weighted by molar-refractivity contribution is -0.121. The highest BCUT2D eigenvalue weighted by molar-refractivity contribution is 5.78. The Hall–Kier alpha value is -1.04. The van der Waals surface area contributed by atoms with Gasteiger partial charge < -0.3 is 5.32 Å². The molecule has 0 radical (unpaired) electrons. The Bertz CT molecular complexity index is 294. The van der Waals surface area contributed by atoms with Crippen molar-refractivity contribution in [2.45, 2.75) is 45.1 Å². The van der Waals surface area contributed by atoms with Gasteiger partial charge in [-0.05, 0) is 43.9 Å². The van der Waals surface area contributed by atoms with Gasteiger partial charge in [-0.1, -0.05) is 6.42 Å². The molecule has 82 valence electrons. The van der Waals surface area contributed by atoms with Crippen LogP contribution >= 0.6 is 0 Å². The number of carbonyl (C=O) groups is 1. The van der Waals surface area contributed by atoms with Crippen molar-refractivity contribution in [1.82, 2.24) is 5.32 Å². The van der Waals surface area contributed by atoms with Crippen molar-refractivity contribution in [2.24, 2.45) is 17.8 Å². The summed E-state index contributed by atoms with van der Waals surface area (Å²) in [7, 11) is 0. The van der Waals surface area contributed by atoms with Crippen LogP contribution in [0, 0.1) is 29.1 Å². The third-order valence-electron chi connectivity index (χ3n) is 4.06. The number of nitrogens with one attached hydrogen (secondary N) is 1. The summed E-state index contributed by atoms with van der Waals surface area (Å²) in [5.41, 5.74) is 0. The maximum Gasteiger partial charge on any atom is 0.234 e. The molecular formula is C12H18N2O. The summed E-state index contributed by atoms with van der Waals surface area (Å²) in [6, 6.07) is 2.14. The largest absolute Gasteiger partial charge is 0.352 e. The molecule has 1 N–H and O–H groups in total. The molecule has 0 aromatic carbocycles. The monoisotopic (exact) mass is 206 g/mol. The van der Waals surface area contributed by atoms with Gasteiger partial charge in [0.2, 0.25) is 5.91 Å². The van der Waals surface area contributed by atoms with E-state index in [1.165, 1.54) is 25.7 Å². The molecule has 2 aliphatic rings. The zero-order chi connectivity index (χ0) is 10.8. The molecule has 3 heteroatoms. The molecule has 0 heterocycles. The van der Waals surface area contributed by atoms with Gasteiger partial charge in [0, 0.05) is 6.04 Å². The molecule has 2 fully saturated rings. The van der Waals surface area contributed by atoms with E-state index < -0.39 is 0 Å². The van der Waals surface area contributed by atoms with E-state index in [0.29, 0.717) is 5.92 Å². The SMILES string of the molecule is CC(NC(=O)CC#N)C1CC2CCC1C2. The van der Waals surface area contributed by atoms with Crippen LogP contribution in [0.2, 0.25) is 0 Å². The molecular weight excluding hydrogens is 188 g/mol. The number of carbonyl (C=O) groups excluding carboxylic acids is 1. The Balaban J connectivity index is 1.84. The molecule has 0 aromatic rings. The summed E-state index contributed by atoms with van der Waals surface area (Å²) in [6.45, 7) is 2.08. The average Bonchev–Trinajstić information content (AvgIpc) is 2.78. The number of amides is 1. The van der Waals surface area contributed by atoms with Gasteiger partial charge in [0.15, 0.2) is 0 Å². The van der Waals surface area contributed by atoms with E-state index >= 15 is 0 Å². The van der Waals surface area contributed by atoms with Gasteiger partial charge in [0.1, 0.15) is 6.42 Å². The Labute approximate surface area is 90.8 Å². The van der Waals surface area contributed by atoms with Crippen molar-refractivity contribution < 1.29 is 4.79 Å². The quantitative estimate of drug-likeness (QED) is 0.766. The summed E-state index contributed by atoms with van der Waals surface area (Å²) < 4.78 is 0. The van der Waals surface area contributed by atoms with Crippen molar-refractivity contribution in [3.8, 4) is 6.07 Å². The van der Waals surface area contributed by atoms with Gasteiger partial charge in [-0.15, -0.1) is 0 Å². The summed E-state index contributed by atoms with van der Waals surface area (Å²) in [4.78, 5) is 11.3. The lowest BCUT2D eigenvalue weighted by Crippen LogP contribution is -2.39. The van der Waals surface area contributed by atoms with Crippen LogP contribution in [0.4, 0.5) is 0 Å². The van der Waals surface area contributed by atoms with E-state index in [-0.39, 0.29) is 18.4 Å². The Kier molecular flexibility index (Phi) is 2.95. The lowest BCUT2D eigenvalue weighted by Gasteiger charge is -2.28. The van der Waals surface area contributed by atoms with Crippen molar-refractivity contribution in [3.05, 3.63) is 0 Å². The molecule has 0 aliphatic heterocycles. The second kappa shape index (κ2) is 4.22. The third kappa shape index (κ3) is 2.14. The van der Waals surface area contributed by atoms with E-state index in [2.05, 4.69) is 12.2 Å². The molecule has 4 atom stereocenters. The maximum atomic E-state index is 11.3. The number of rotatable bonds is 3. The minimum Gasteiger partial charge on any atom is -0.352 e. The first-order valence-electron chi connectivity index (χ1n) is 5.87. The van der Waals surface area contributed by atoms with Crippen molar-refractivity contribution >= 4 is 5.91 Å². The standard InChI is InChI=1S/C12H18N2O/c1-8(14-12(15)4-5-13)11-7-9-2-3-10(11)6-9/h8-11H,2-4,6-7H2,1H3,(H,14,15). The zero-order valence-electron chi connectivity index (χ0n) is 9.20. The number of fused-ring (bicyclic) bond motifs is 2. The second-order valence-electron chi connectivity index (χ2n) is 5.03. The maximum absolute atomic E-state index is 11.3. The number of nitrogens with zero attached hydrogens (tertiary/aromatic N) is 1. The minimum atomic E-state index is -0.118. The van der Waals surface area contributed by atoms with Crippen LogP contribution in [0.5, 0.6) is 0 Å². The number of hydrogen-bond acceptors (Lipinski definition) is 2. The molecule has 2 saturated carbocycles. The Morgan fingerprint density at radius 2 is 2.33 bits per heavy atom. The van der Waals surface area contributed by atoms with Crippen LogP contribution < -0.4 is 5.32 Å². The van der Waals surface area contributed by atoms with E-state index in [1.807, 2.05) is 6.07 Å². The lowest BCUT2D eigenvalue weighted by atomic mass is 9.84. The summed E-state index contributed by atoms with van der Waals surface area (Å²) in [5.74, 6) is 2.28. The van der Waals surface area contributed by atoms with Crippen LogP contribution in [-0.2, 0) is 4.79 Å². The summed E-state index contributed by atoms with van der Waals surface area (Å²) >= 11 is 0. The second-order valence-corrected chi connectivity index (χ2v) is 5.03. The molecule has 0 saturated heterocycles. The molecule has 3 nitrogen and oxygen atoms in total. The highest BCUT2D eigenvalue weighted by Gasteiger charge is 2.41. The topological polar surface area (TPSA) is 52.9 Å².